The van der Waals surface area contributed by atoms with Crippen molar-refractivity contribution in [3.05, 3.63) is 51.6 Å². The van der Waals surface area contributed by atoms with E-state index in [2.05, 4.69) is 15.5 Å². The number of benzene rings is 1. The smallest absolute Gasteiger partial charge is 0.247 e. The molecule has 8 heteroatoms. The van der Waals surface area contributed by atoms with E-state index in [1.54, 1.807) is 35.8 Å². The van der Waals surface area contributed by atoms with Gasteiger partial charge in [-0.1, -0.05) is 23.7 Å². The summed E-state index contributed by atoms with van der Waals surface area (Å²) in [6.07, 6.45) is 0. The topological polar surface area (TPSA) is 62.7 Å². The molecule has 5 nitrogen and oxygen atoms in total. The van der Waals surface area contributed by atoms with Crippen LogP contribution in [0.1, 0.15) is 13.0 Å². The molecule has 0 aliphatic carbocycles. The van der Waals surface area contributed by atoms with Crippen molar-refractivity contribution in [2.75, 3.05) is 5.32 Å². The number of aromatic amines is 1. The molecule has 0 aliphatic rings. The molecule has 0 bridgehead atoms. The van der Waals surface area contributed by atoms with Gasteiger partial charge in [-0.05, 0) is 48.8 Å². The van der Waals surface area contributed by atoms with Crippen molar-refractivity contribution >= 4 is 46.8 Å². The number of hydrogen-bond acceptors (Lipinski definition) is 4. The van der Waals surface area contributed by atoms with E-state index in [9.17, 15) is 4.79 Å². The molecule has 1 aromatic carbocycles. The lowest BCUT2D eigenvalue weighted by Gasteiger charge is -2.15. The Morgan fingerprint density at radius 1 is 1.43 bits per heavy atom. The third-order valence-electron chi connectivity index (χ3n) is 3.30. The highest BCUT2D eigenvalue weighted by Gasteiger charge is 2.21. The first-order chi connectivity index (χ1) is 11.1. The van der Waals surface area contributed by atoms with Crippen LogP contribution in [0.25, 0.3) is 10.7 Å². The summed E-state index contributed by atoms with van der Waals surface area (Å²) in [6.45, 7) is 1.78. The van der Waals surface area contributed by atoms with Crippen molar-refractivity contribution in [2.24, 2.45) is 0 Å². The van der Waals surface area contributed by atoms with E-state index in [0.29, 0.717) is 21.3 Å². The number of carbonyl (C=O) groups is 1. The predicted molar refractivity (Wildman–Crippen MR) is 95.5 cm³/mol. The van der Waals surface area contributed by atoms with E-state index in [0.717, 1.165) is 4.88 Å². The normalized spacial score (nSPS) is 12.1. The first-order valence-corrected chi connectivity index (χ1v) is 8.50. The molecule has 3 aromatic rings. The van der Waals surface area contributed by atoms with Gasteiger partial charge in [0.25, 0.3) is 0 Å². The fraction of sp³-hybridized carbons (Fsp3) is 0.133. The van der Waals surface area contributed by atoms with Crippen LogP contribution in [-0.4, -0.2) is 20.7 Å². The molecular weight excluding hydrogens is 352 g/mol. The molecule has 0 unspecified atom stereocenters. The summed E-state index contributed by atoms with van der Waals surface area (Å²) in [4.78, 5) is 13.5. The maximum absolute atomic E-state index is 12.5. The second-order valence-corrected chi connectivity index (χ2v) is 6.65. The Morgan fingerprint density at radius 2 is 2.26 bits per heavy atom. The van der Waals surface area contributed by atoms with E-state index in [1.807, 2.05) is 17.5 Å². The Hall–Kier alpha value is -1.96. The average molecular weight is 365 g/mol. The number of halogens is 1. The van der Waals surface area contributed by atoms with Crippen molar-refractivity contribution in [1.29, 1.82) is 0 Å². The minimum absolute atomic E-state index is 0.192. The molecule has 0 saturated carbocycles. The number of hydrogen-bond donors (Lipinski definition) is 2. The zero-order valence-corrected chi connectivity index (χ0v) is 14.5. The lowest BCUT2D eigenvalue weighted by Crippen LogP contribution is -2.24. The molecule has 1 atom stereocenters. The Morgan fingerprint density at radius 3 is 2.96 bits per heavy atom. The Balaban J connectivity index is 1.89. The lowest BCUT2D eigenvalue weighted by molar-refractivity contribution is -0.118. The van der Waals surface area contributed by atoms with E-state index in [1.165, 1.54) is 11.3 Å². The van der Waals surface area contributed by atoms with Crippen LogP contribution in [0.5, 0.6) is 0 Å². The molecule has 23 heavy (non-hydrogen) atoms. The number of amides is 1. The molecule has 0 saturated heterocycles. The third kappa shape index (κ3) is 3.36. The van der Waals surface area contributed by atoms with Gasteiger partial charge in [0.05, 0.1) is 4.88 Å². The SMILES string of the molecule is C[C@@H](C(=O)Nc1cccc(Cl)c1)n1c(-c2cccs2)n[nH]c1=S. The Labute approximate surface area is 146 Å². The van der Waals surface area contributed by atoms with Gasteiger partial charge < -0.3 is 5.32 Å². The van der Waals surface area contributed by atoms with E-state index in [-0.39, 0.29) is 5.91 Å². The highest BCUT2D eigenvalue weighted by Crippen LogP contribution is 2.26. The molecule has 0 spiro atoms. The van der Waals surface area contributed by atoms with Crippen molar-refractivity contribution in [3.8, 4) is 10.7 Å². The predicted octanol–water partition coefficient (Wildman–Crippen LogP) is 4.52. The first kappa shape index (κ1) is 15.9. The standard InChI is InChI=1S/C15H13ClN4OS2/c1-9(14(21)17-11-5-2-4-10(16)8-11)20-13(18-19-15(20)22)12-6-3-7-23-12/h2-9H,1H3,(H,17,21)(H,19,22)/t9-/m0/s1. The van der Waals surface area contributed by atoms with Gasteiger partial charge >= 0.3 is 0 Å². The summed E-state index contributed by atoms with van der Waals surface area (Å²) >= 11 is 12.8. The van der Waals surface area contributed by atoms with Crippen LogP contribution in [0, 0.1) is 4.77 Å². The van der Waals surface area contributed by atoms with Gasteiger partial charge in [-0.2, -0.15) is 5.10 Å². The molecule has 2 aromatic heterocycles. The second kappa shape index (κ2) is 6.66. The maximum atomic E-state index is 12.5. The Bertz CT molecular complexity index is 885. The number of H-pyrrole nitrogens is 1. The molecule has 0 aliphatic heterocycles. The van der Waals surface area contributed by atoms with Gasteiger partial charge in [-0.3, -0.25) is 14.5 Å². The number of nitrogens with one attached hydrogen (secondary N) is 2. The number of carbonyl (C=O) groups excluding carboxylic acids is 1. The van der Waals surface area contributed by atoms with Crippen LogP contribution in [0.15, 0.2) is 41.8 Å². The van der Waals surface area contributed by atoms with Crippen molar-refractivity contribution < 1.29 is 4.79 Å². The van der Waals surface area contributed by atoms with Crippen LogP contribution >= 0.6 is 35.2 Å². The summed E-state index contributed by atoms with van der Waals surface area (Å²) in [6, 6.07) is 10.4. The number of anilines is 1. The number of aromatic nitrogens is 3. The number of rotatable bonds is 4. The van der Waals surface area contributed by atoms with Crippen LogP contribution in [0.3, 0.4) is 0 Å². The summed E-state index contributed by atoms with van der Waals surface area (Å²) in [5.74, 6) is 0.460. The van der Waals surface area contributed by atoms with Gasteiger partial charge in [-0.25, -0.2) is 0 Å². The van der Waals surface area contributed by atoms with Crippen LogP contribution in [0.4, 0.5) is 5.69 Å². The quantitative estimate of drug-likeness (QED) is 0.669. The van der Waals surface area contributed by atoms with Gasteiger partial charge in [0, 0.05) is 10.7 Å². The molecule has 118 valence electrons. The van der Waals surface area contributed by atoms with Gasteiger partial charge in [0.2, 0.25) is 5.91 Å². The zero-order chi connectivity index (χ0) is 16.4. The number of nitrogens with zero attached hydrogens (tertiary/aromatic N) is 2. The molecule has 3 rings (SSSR count). The van der Waals surface area contributed by atoms with Crippen molar-refractivity contribution in [2.45, 2.75) is 13.0 Å². The first-order valence-electron chi connectivity index (χ1n) is 6.83. The van der Waals surface area contributed by atoms with Crippen molar-refractivity contribution in [1.82, 2.24) is 14.8 Å². The van der Waals surface area contributed by atoms with Gasteiger partial charge in [0.15, 0.2) is 10.6 Å². The molecule has 2 heterocycles. The van der Waals surface area contributed by atoms with E-state index in [4.69, 9.17) is 23.8 Å². The van der Waals surface area contributed by atoms with Gasteiger partial charge in [-0.15, -0.1) is 11.3 Å². The van der Waals surface area contributed by atoms with Crippen molar-refractivity contribution in [3.63, 3.8) is 0 Å². The summed E-state index contributed by atoms with van der Waals surface area (Å²) in [7, 11) is 0. The summed E-state index contributed by atoms with van der Waals surface area (Å²) in [5, 5.41) is 12.4. The largest absolute Gasteiger partial charge is 0.324 e. The van der Waals surface area contributed by atoms with Crippen LogP contribution in [-0.2, 0) is 4.79 Å². The molecule has 0 radical (unpaired) electrons. The molecule has 2 N–H and O–H groups in total. The molecular formula is C15H13ClN4OS2. The Kier molecular flexibility index (Phi) is 4.61. The summed E-state index contributed by atoms with van der Waals surface area (Å²) < 4.78 is 2.11. The second-order valence-electron chi connectivity index (χ2n) is 4.88. The third-order valence-corrected chi connectivity index (χ3v) is 4.69. The number of thiophene rings is 1. The molecule has 1 amide bonds. The van der Waals surface area contributed by atoms with Crippen LogP contribution in [0.2, 0.25) is 5.02 Å². The minimum Gasteiger partial charge on any atom is -0.324 e. The fourth-order valence-electron chi connectivity index (χ4n) is 2.17. The van der Waals surface area contributed by atoms with E-state index >= 15 is 0 Å². The van der Waals surface area contributed by atoms with Crippen LogP contribution < -0.4 is 5.32 Å². The maximum Gasteiger partial charge on any atom is 0.247 e. The zero-order valence-electron chi connectivity index (χ0n) is 12.1. The monoisotopic (exact) mass is 364 g/mol. The highest BCUT2D eigenvalue weighted by molar-refractivity contribution is 7.71. The highest BCUT2D eigenvalue weighted by atomic mass is 35.5. The molecule has 0 fully saturated rings. The minimum atomic E-state index is -0.516. The summed E-state index contributed by atoms with van der Waals surface area (Å²) in [5.41, 5.74) is 0.641. The fourth-order valence-corrected chi connectivity index (χ4v) is 3.36. The van der Waals surface area contributed by atoms with Gasteiger partial charge in [0.1, 0.15) is 6.04 Å². The van der Waals surface area contributed by atoms with E-state index < -0.39 is 6.04 Å². The average Bonchev–Trinajstić information content (AvgIpc) is 3.15. The lowest BCUT2D eigenvalue weighted by atomic mass is 10.2.